The fourth-order valence-corrected chi connectivity index (χ4v) is 4.31. The van der Waals surface area contributed by atoms with E-state index in [0.717, 1.165) is 5.56 Å². The Hall–Kier alpha value is -0.970. The number of hydrogen-bond acceptors (Lipinski definition) is 3. The molecule has 0 saturated heterocycles. The average molecular weight is 284 g/mol. The van der Waals surface area contributed by atoms with Crippen LogP contribution in [0.1, 0.15) is 23.7 Å². The number of oxime groups is 1. The second-order valence-electron chi connectivity index (χ2n) is 4.29. The molecule has 0 radical (unpaired) electrons. The minimum Gasteiger partial charge on any atom is -0.395 e. The highest BCUT2D eigenvalue weighted by atomic mass is 35.5. The van der Waals surface area contributed by atoms with Crippen molar-refractivity contribution in [3.8, 4) is 0 Å². The van der Waals surface area contributed by atoms with Crippen molar-refractivity contribution in [2.45, 2.75) is 17.4 Å². The van der Waals surface area contributed by atoms with Gasteiger partial charge in [0.05, 0.1) is 10.9 Å². The Bertz CT molecular complexity index is 530. The summed E-state index contributed by atoms with van der Waals surface area (Å²) in [6.45, 7) is 0.563. The lowest BCUT2D eigenvalue weighted by Gasteiger charge is -2.15. The van der Waals surface area contributed by atoms with Crippen LogP contribution in [0.4, 0.5) is 0 Å². The van der Waals surface area contributed by atoms with E-state index in [0.29, 0.717) is 24.0 Å². The van der Waals surface area contributed by atoms with E-state index < -0.39 is 17.0 Å². The molecule has 5 heteroatoms. The van der Waals surface area contributed by atoms with E-state index in [1.54, 1.807) is 0 Å². The Balaban J connectivity index is 1.91. The van der Waals surface area contributed by atoms with E-state index in [1.165, 1.54) is 10.5 Å². The van der Waals surface area contributed by atoms with Gasteiger partial charge in [0.1, 0.15) is 12.7 Å². The lowest BCUT2D eigenvalue weighted by Crippen LogP contribution is -2.10. The predicted octanol–water partition coefficient (Wildman–Crippen LogP) is 3.04. The van der Waals surface area contributed by atoms with Crippen molar-refractivity contribution in [2.24, 2.45) is 5.16 Å². The fourth-order valence-electron chi connectivity index (χ4n) is 2.18. The Labute approximate surface area is 113 Å². The molecule has 0 aromatic heterocycles. The van der Waals surface area contributed by atoms with Crippen molar-refractivity contribution in [3.05, 3.63) is 34.7 Å². The van der Waals surface area contributed by atoms with Crippen LogP contribution in [0.5, 0.6) is 0 Å². The molecule has 18 heavy (non-hydrogen) atoms. The van der Waals surface area contributed by atoms with Gasteiger partial charge in [0.25, 0.3) is 0 Å². The Morgan fingerprint density at radius 3 is 3.11 bits per heavy atom. The van der Waals surface area contributed by atoms with E-state index in [-0.39, 0.29) is 0 Å². The number of alkyl halides is 1. The standard InChI is InChI=1S/C13H14ClNO2S/c14-8-18-6-4-9-1-2-10(7-12(9)18)13(16)11-3-5-17-15-11/h1-2,4,6-7,13,16,18H,3,5,8H2. The van der Waals surface area contributed by atoms with Crippen LogP contribution in [0, 0.1) is 0 Å². The first-order chi connectivity index (χ1) is 8.79. The minimum atomic E-state index is -0.662. The van der Waals surface area contributed by atoms with Crippen LogP contribution in [0.3, 0.4) is 0 Å². The molecule has 0 bridgehead atoms. The molecule has 2 unspecified atom stereocenters. The van der Waals surface area contributed by atoms with Crippen LogP contribution in [0.25, 0.3) is 6.08 Å². The molecule has 2 aliphatic rings. The summed E-state index contributed by atoms with van der Waals surface area (Å²) in [6.07, 6.45) is 2.14. The molecule has 3 rings (SSSR count). The van der Waals surface area contributed by atoms with Gasteiger partial charge >= 0.3 is 0 Å². The van der Waals surface area contributed by atoms with Crippen molar-refractivity contribution in [1.29, 1.82) is 0 Å². The van der Waals surface area contributed by atoms with Gasteiger partial charge in [0.15, 0.2) is 0 Å². The molecule has 2 atom stereocenters. The second-order valence-corrected chi connectivity index (χ2v) is 6.97. The number of hydrogen-bond donors (Lipinski definition) is 2. The summed E-state index contributed by atoms with van der Waals surface area (Å²) in [5.74, 6) is 0. The first-order valence-corrected chi connectivity index (χ1v) is 7.94. The summed E-state index contributed by atoms with van der Waals surface area (Å²) in [5, 5.41) is 16.9. The first-order valence-electron chi connectivity index (χ1n) is 5.81. The van der Waals surface area contributed by atoms with Gasteiger partial charge in [-0.15, -0.1) is 11.6 Å². The molecular weight excluding hydrogens is 270 g/mol. The molecular formula is C13H14ClNO2S. The maximum atomic E-state index is 10.3. The molecule has 1 aromatic rings. The maximum Gasteiger partial charge on any atom is 0.122 e. The summed E-state index contributed by atoms with van der Waals surface area (Å²) >= 11 is 5.97. The Morgan fingerprint density at radius 1 is 1.50 bits per heavy atom. The highest BCUT2D eigenvalue weighted by molar-refractivity contribution is 8.20. The largest absolute Gasteiger partial charge is 0.395 e. The van der Waals surface area contributed by atoms with Crippen molar-refractivity contribution in [2.75, 3.05) is 11.8 Å². The highest BCUT2D eigenvalue weighted by Crippen LogP contribution is 2.47. The van der Waals surface area contributed by atoms with Crippen molar-refractivity contribution >= 4 is 34.3 Å². The van der Waals surface area contributed by atoms with E-state index in [9.17, 15) is 5.11 Å². The monoisotopic (exact) mass is 283 g/mol. The van der Waals surface area contributed by atoms with E-state index >= 15 is 0 Å². The molecule has 2 aliphatic heterocycles. The average Bonchev–Trinajstić information content (AvgIpc) is 3.06. The van der Waals surface area contributed by atoms with Gasteiger partial charge in [-0.1, -0.05) is 17.3 Å². The molecule has 3 nitrogen and oxygen atoms in total. The Kier molecular flexibility index (Phi) is 3.33. The topological polar surface area (TPSA) is 41.8 Å². The summed E-state index contributed by atoms with van der Waals surface area (Å²) in [5.41, 5.74) is 2.79. The second kappa shape index (κ2) is 4.96. The lowest BCUT2D eigenvalue weighted by molar-refractivity contribution is 0.172. The Morgan fingerprint density at radius 2 is 2.39 bits per heavy atom. The number of fused-ring (bicyclic) bond motifs is 1. The summed E-state index contributed by atoms with van der Waals surface area (Å²) in [7, 11) is -0.409. The zero-order valence-electron chi connectivity index (χ0n) is 9.71. The van der Waals surface area contributed by atoms with Crippen LogP contribution in [0.15, 0.2) is 33.7 Å². The lowest BCUT2D eigenvalue weighted by atomic mass is 10.0. The van der Waals surface area contributed by atoms with Crippen molar-refractivity contribution in [3.63, 3.8) is 0 Å². The quantitative estimate of drug-likeness (QED) is 0.661. The normalized spacial score (nSPS) is 24.6. The molecule has 0 aliphatic carbocycles. The van der Waals surface area contributed by atoms with Gasteiger partial charge in [0, 0.05) is 6.42 Å². The summed E-state index contributed by atoms with van der Waals surface area (Å²) in [4.78, 5) is 6.18. The third kappa shape index (κ3) is 2.05. The molecule has 2 heterocycles. The minimum absolute atomic E-state index is 0.409. The number of benzene rings is 1. The van der Waals surface area contributed by atoms with Crippen LogP contribution < -0.4 is 0 Å². The summed E-state index contributed by atoms with van der Waals surface area (Å²) < 4.78 is 0. The third-order valence-electron chi connectivity index (χ3n) is 3.19. The van der Waals surface area contributed by atoms with Gasteiger partial charge in [-0.25, -0.2) is 0 Å². The molecule has 1 N–H and O–H groups in total. The number of rotatable bonds is 3. The van der Waals surface area contributed by atoms with Gasteiger partial charge in [-0.2, -0.15) is 10.9 Å². The molecule has 0 amide bonds. The molecule has 0 saturated carbocycles. The number of thiol groups is 1. The van der Waals surface area contributed by atoms with E-state index in [4.69, 9.17) is 16.4 Å². The molecule has 96 valence electrons. The molecule has 0 fully saturated rings. The zero-order chi connectivity index (χ0) is 12.5. The highest BCUT2D eigenvalue weighted by Gasteiger charge is 2.22. The number of aliphatic hydroxyl groups is 1. The van der Waals surface area contributed by atoms with Gasteiger partial charge in [0.2, 0.25) is 0 Å². The van der Waals surface area contributed by atoms with Crippen molar-refractivity contribution < 1.29 is 9.94 Å². The zero-order valence-corrected chi connectivity index (χ0v) is 11.4. The SMILES string of the molecule is OC(C1=NOCC1)c1ccc2c(c1)[SH](CCl)C=C2. The first kappa shape index (κ1) is 12.1. The smallest absolute Gasteiger partial charge is 0.122 e. The number of halogens is 1. The number of nitrogens with zero attached hydrogens (tertiary/aromatic N) is 1. The van der Waals surface area contributed by atoms with E-state index in [1.807, 2.05) is 12.1 Å². The third-order valence-corrected chi connectivity index (χ3v) is 5.73. The van der Waals surface area contributed by atoms with Gasteiger partial charge in [-0.05, 0) is 33.6 Å². The van der Waals surface area contributed by atoms with Crippen LogP contribution >= 0.6 is 22.5 Å². The summed E-state index contributed by atoms with van der Waals surface area (Å²) in [6, 6.07) is 6.03. The maximum absolute atomic E-state index is 10.3. The molecule has 0 spiro atoms. The van der Waals surface area contributed by atoms with Gasteiger partial charge in [-0.3, -0.25) is 0 Å². The molecule has 1 aromatic carbocycles. The van der Waals surface area contributed by atoms with E-state index in [2.05, 4.69) is 22.7 Å². The van der Waals surface area contributed by atoms with Crippen LogP contribution in [0.2, 0.25) is 0 Å². The van der Waals surface area contributed by atoms with Gasteiger partial charge < -0.3 is 9.94 Å². The van der Waals surface area contributed by atoms with Crippen LogP contribution in [-0.2, 0) is 4.84 Å². The fraction of sp³-hybridized carbons (Fsp3) is 0.308. The number of aliphatic hydroxyl groups excluding tert-OH is 1. The van der Waals surface area contributed by atoms with Crippen molar-refractivity contribution in [1.82, 2.24) is 0 Å². The predicted molar refractivity (Wildman–Crippen MR) is 76.4 cm³/mol. The van der Waals surface area contributed by atoms with Crippen LogP contribution in [-0.4, -0.2) is 22.6 Å².